The summed E-state index contributed by atoms with van der Waals surface area (Å²) in [5, 5.41) is 18.4. The number of aryl methyl sites for hydroxylation is 1. The second kappa shape index (κ2) is 3.98. The Morgan fingerprint density at radius 2 is 2.20 bits per heavy atom. The van der Waals surface area contributed by atoms with Crippen molar-refractivity contribution in [3.05, 3.63) is 11.6 Å². The average Bonchev–Trinajstić information content (AvgIpc) is 2.50. The van der Waals surface area contributed by atoms with Crippen molar-refractivity contribution >= 4 is 5.91 Å². The predicted molar refractivity (Wildman–Crippen MR) is 54.3 cm³/mol. The Balaban J connectivity index is 2.72. The molecule has 1 atom stereocenters. The van der Waals surface area contributed by atoms with Gasteiger partial charge in [-0.05, 0) is 27.7 Å². The first-order valence-electron chi connectivity index (χ1n) is 4.72. The van der Waals surface area contributed by atoms with E-state index < -0.39 is 17.6 Å². The number of nitrogens with one attached hydrogen (secondary N) is 2. The molecular formula is C9H16N4O2. The van der Waals surface area contributed by atoms with Crippen LogP contribution in [0.3, 0.4) is 0 Å². The number of aliphatic hydroxyl groups excluding tert-OH is 1. The third-order valence-electron chi connectivity index (χ3n) is 2.28. The largest absolute Gasteiger partial charge is 0.391 e. The molecule has 84 valence electrons. The normalized spacial score (nSPS) is 13.7. The van der Waals surface area contributed by atoms with Crippen LogP contribution in [0.4, 0.5) is 0 Å². The van der Waals surface area contributed by atoms with E-state index in [-0.39, 0.29) is 5.82 Å². The van der Waals surface area contributed by atoms with Crippen LogP contribution in [-0.2, 0) is 0 Å². The van der Waals surface area contributed by atoms with Gasteiger partial charge in [-0.3, -0.25) is 9.89 Å². The number of aromatic nitrogens is 3. The van der Waals surface area contributed by atoms with Crippen LogP contribution in [0.15, 0.2) is 0 Å². The number of nitrogens with zero attached hydrogens (tertiary/aromatic N) is 2. The van der Waals surface area contributed by atoms with Gasteiger partial charge in [0.2, 0.25) is 5.82 Å². The summed E-state index contributed by atoms with van der Waals surface area (Å²) in [7, 11) is 0. The molecular weight excluding hydrogens is 196 g/mol. The van der Waals surface area contributed by atoms with Crippen molar-refractivity contribution < 1.29 is 9.90 Å². The van der Waals surface area contributed by atoms with Crippen molar-refractivity contribution in [2.24, 2.45) is 0 Å². The number of aromatic amines is 1. The Labute approximate surface area is 88.1 Å². The molecule has 1 aromatic heterocycles. The Kier molecular flexibility index (Phi) is 3.09. The number of amides is 1. The molecule has 3 N–H and O–H groups in total. The number of carbonyl (C=O) groups excluding carboxylic acids is 1. The van der Waals surface area contributed by atoms with Crippen molar-refractivity contribution in [2.75, 3.05) is 0 Å². The second-order valence-electron chi connectivity index (χ2n) is 4.10. The van der Waals surface area contributed by atoms with Crippen LogP contribution in [0.2, 0.25) is 0 Å². The maximum Gasteiger partial charge on any atom is 0.291 e. The zero-order valence-corrected chi connectivity index (χ0v) is 9.33. The lowest BCUT2D eigenvalue weighted by atomic mass is 9.99. The molecule has 0 radical (unpaired) electrons. The summed E-state index contributed by atoms with van der Waals surface area (Å²) in [5.41, 5.74) is -0.703. The van der Waals surface area contributed by atoms with Crippen molar-refractivity contribution in [3.63, 3.8) is 0 Å². The quantitative estimate of drug-likeness (QED) is 0.657. The van der Waals surface area contributed by atoms with E-state index in [2.05, 4.69) is 20.5 Å². The zero-order chi connectivity index (χ0) is 11.6. The molecule has 1 rings (SSSR count). The first kappa shape index (κ1) is 11.6. The van der Waals surface area contributed by atoms with Crippen LogP contribution in [0.1, 0.15) is 37.2 Å². The van der Waals surface area contributed by atoms with Crippen molar-refractivity contribution in [1.29, 1.82) is 0 Å². The monoisotopic (exact) mass is 212 g/mol. The highest BCUT2D eigenvalue weighted by Gasteiger charge is 2.27. The summed E-state index contributed by atoms with van der Waals surface area (Å²) < 4.78 is 0. The fourth-order valence-corrected chi connectivity index (χ4v) is 0.897. The van der Waals surface area contributed by atoms with Gasteiger partial charge in [0.1, 0.15) is 5.82 Å². The van der Waals surface area contributed by atoms with Crippen LogP contribution >= 0.6 is 0 Å². The molecule has 0 fully saturated rings. The Hall–Kier alpha value is -1.43. The van der Waals surface area contributed by atoms with Crippen LogP contribution in [0.25, 0.3) is 0 Å². The van der Waals surface area contributed by atoms with Gasteiger partial charge < -0.3 is 10.4 Å². The first-order valence-corrected chi connectivity index (χ1v) is 4.72. The Morgan fingerprint density at radius 1 is 1.60 bits per heavy atom. The second-order valence-corrected chi connectivity index (χ2v) is 4.10. The van der Waals surface area contributed by atoms with E-state index in [1.54, 1.807) is 27.7 Å². The van der Waals surface area contributed by atoms with E-state index in [1.165, 1.54) is 0 Å². The third kappa shape index (κ3) is 2.76. The number of aliphatic hydroxyl groups is 1. The SMILES string of the molecule is Cc1nc(C(=O)NC(C)(C)C(C)O)n[nH]1. The number of rotatable bonds is 3. The lowest BCUT2D eigenvalue weighted by molar-refractivity contribution is 0.0701. The van der Waals surface area contributed by atoms with E-state index in [1.807, 2.05) is 0 Å². The van der Waals surface area contributed by atoms with E-state index in [4.69, 9.17) is 0 Å². The van der Waals surface area contributed by atoms with Crippen molar-refractivity contribution in [3.8, 4) is 0 Å². The number of hydrogen-bond donors (Lipinski definition) is 3. The summed E-state index contributed by atoms with van der Waals surface area (Å²) in [6, 6.07) is 0. The minimum Gasteiger partial charge on any atom is -0.391 e. The molecule has 6 heteroatoms. The molecule has 6 nitrogen and oxygen atoms in total. The number of hydrogen-bond acceptors (Lipinski definition) is 4. The van der Waals surface area contributed by atoms with Crippen LogP contribution < -0.4 is 5.32 Å². The predicted octanol–water partition coefficient (Wildman–Crippen LogP) is 0.00232. The van der Waals surface area contributed by atoms with Crippen LogP contribution in [-0.4, -0.2) is 37.8 Å². The highest BCUT2D eigenvalue weighted by molar-refractivity contribution is 5.90. The number of carbonyl (C=O) groups is 1. The van der Waals surface area contributed by atoms with Gasteiger partial charge in [-0.25, -0.2) is 4.98 Å². The highest BCUT2D eigenvalue weighted by Crippen LogP contribution is 2.08. The van der Waals surface area contributed by atoms with Gasteiger partial charge in [0.15, 0.2) is 0 Å². The van der Waals surface area contributed by atoms with Crippen LogP contribution in [0.5, 0.6) is 0 Å². The molecule has 0 aromatic carbocycles. The molecule has 1 aromatic rings. The highest BCUT2D eigenvalue weighted by atomic mass is 16.3. The fourth-order valence-electron chi connectivity index (χ4n) is 0.897. The van der Waals surface area contributed by atoms with Gasteiger partial charge in [0.05, 0.1) is 11.6 Å². The Morgan fingerprint density at radius 3 is 2.60 bits per heavy atom. The lowest BCUT2D eigenvalue weighted by Gasteiger charge is -2.28. The van der Waals surface area contributed by atoms with Gasteiger partial charge in [-0.15, -0.1) is 5.10 Å². The van der Waals surface area contributed by atoms with Gasteiger partial charge in [-0.1, -0.05) is 0 Å². The zero-order valence-electron chi connectivity index (χ0n) is 9.33. The van der Waals surface area contributed by atoms with Gasteiger partial charge in [0.25, 0.3) is 5.91 Å². The lowest BCUT2D eigenvalue weighted by Crippen LogP contribution is -2.51. The van der Waals surface area contributed by atoms with Crippen molar-refractivity contribution in [1.82, 2.24) is 20.5 Å². The molecule has 0 aliphatic heterocycles. The minimum absolute atomic E-state index is 0.0845. The van der Waals surface area contributed by atoms with Crippen LogP contribution in [0, 0.1) is 6.92 Å². The maximum atomic E-state index is 11.6. The average molecular weight is 212 g/mol. The first-order chi connectivity index (χ1) is 6.83. The summed E-state index contributed by atoms with van der Waals surface area (Å²) in [6.07, 6.45) is -0.651. The van der Waals surface area contributed by atoms with Crippen molar-refractivity contribution in [2.45, 2.75) is 39.3 Å². The molecule has 15 heavy (non-hydrogen) atoms. The minimum atomic E-state index is -0.703. The molecule has 1 heterocycles. The summed E-state index contributed by atoms with van der Waals surface area (Å²) in [5.74, 6) is 0.265. The Bertz CT molecular complexity index is 357. The molecule has 1 unspecified atom stereocenters. The molecule has 1 amide bonds. The van der Waals surface area contributed by atoms with Gasteiger partial charge >= 0.3 is 0 Å². The fraction of sp³-hybridized carbons (Fsp3) is 0.667. The summed E-state index contributed by atoms with van der Waals surface area (Å²) in [4.78, 5) is 15.5. The van der Waals surface area contributed by atoms with E-state index in [0.717, 1.165) is 0 Å². The maximum absolute atomic E-state index is 11.6. The van der Waals surface area contributed by atoms with E-state index in [9.17, 15) is 9.90 Å². The topological polar surface area (TPSA) is 90.9 Å². The van der Waals surface area contributed by atoms with E-state index in [0.29, 0.717) is 5.82 Å². The molecule has 0 spiro atoms. The standard InChI is InChI=1S/C9H16N4O2/c1-5(14)9(3,4)11-8(15)7-10-6(2)12-13-7/h5,14H,1-4H3,(H,11,15)(H,10,12,13). The summed E-state index contributed by atoms with van der Waals surface area (Å²) in [6.45, 7) is 6.79. The molecule has 0 aliphatic carbocycles. The van der Waals surface area contributed by atoms with Gasteiger partial charge in [-0.2, -0.15) is 0 Å². The molecule has 0 bridgehead atoms. The number of H-pyrrole nitrogens is 1. The molecule has 0 saturated heterocycles. The van der Waals surface area contributed by atoms with Gasteiger partial charge in [0, 0.05) is 0 Å². The third-order valence-corrected chi connectivity index (χ3v) is 2.28. The molecule has 0 saturated carbocycles. The summed E-state index contributed by atoms with van der Waals surface area (Å²) >= 11 is 0. The molecule has 0 aliphatic rings. The smallest absolute Gasteiger partial charge is 0.291 e. The van der Waals surface area contributed by atoms with E-state index >= 15 is 0 Å².